The molecular weight excluding hydrogens is 436 g/mol. The predicted octanol–water partition coefficient (Wildman–Crippen LogP) is 4.52. The molecule has 8 heteroatoms. The van der Waals surface area contributed by atoms with E-state index in [0.717, 1.165) is 24.5 Å². The molecule has 0 bridgehead atoms. The summed E-state index contributed by atoms with van der Waals surface area (Å²) in [4.78, 5) is 41.4. The molecule has 34 heavy (non-hydrogen) atoms. The number of nitrogens with zero attached hydrogens (tertiary/aromatic N) is 2. The number of para-hydroxylation sites is 2. The molecule has 0 fully saturated rings. The molecule has 1 aliphatic rings. The molecule has 178 valence electrons. The molecule has 0 saturated carbocycles. The zero-order valence-corrected chi connectivity index (χ0v) is 19.5. The Morgan fingerprint density at radius 3 is 2.38 bits per heavy atom. The molecule has 0 radical (unpaired) electrons. The van der Waals surface area contributed by atoms with Crippen molar-refractivity contribution >= 4 is 35.5 Å². The smallest absolute Gasteiger partial charge is 0.416 e. The Balaban J connectivity index is 2.18. The summed E-state index contributed by atoms with van der Waals surface area (Å²) in [6, 6.07) is 16.3. The number of carbonyl (C=O) groups is 3. The largest absolute Gasteiger partial charge is 0.466 e. The van der Waals surface area contributed by atoms with Gasteiger partial charge in [0.25, 0.3) is 0 Å². The Hall–Kier alpha value is -4.07. The number of esters is 2. The molecule has 1 amide bonds. The molecule has 0 saturated heterocycles. The van der Waals surface area contributed by atoms with Crippen molar-refractivity contribution in [1.82, 2.24) is 0 Å². The van der Waals surface area contributed by atoms with Gasteiger partial charge in [-0.15, -0.1) is 0 Å². The van der Waals surface area contributed by atoms with Gasteiger partial charge in [-0.05, 0) is 36.3 Å². The third kappa shape index (κ3) is 5.46. The lowest BCUT2D eigenvalue weighted by molar-refractivity contribution is -0.138. The minimum absolute atomic E-state index is 0.0848. The van der Waals surface area contributed by atoms with Crippen LogP contribution in [0.3, 0.4) is 0 Å². The van der Waals surface area contributed by atoms with E-state index in [1.807, 2.05) is 37.3 Å². The molecule has 0 spiro atoms. The first-order valence-corrected chi connectivity index (χ1v) is 11.0. The van der Waals surface area contributed by atoms with Gasteiger partial charge in [0.05, 0.1) is 32.6 Å². The fourth-order valence-corrected chi connectivity index (χ4v) is 3.57. The average molecular weight is 465 g/mol. The highest BCUT2D eigenvalue weighted by Gasteiger charge is 2.37. The molecule has 1 heterocycles. The fraction of sp³-hybridized carbons (Fsp3) is 0.269. The zero-order valence-electron chi connectivity index (χ0n) is 19.5. The summed E-state index contributed by atoms with van der Waals surface area (Å²) in [6.45, 7) is 2.26. The first-order chi connectivity index (χ1) is 16.5. The number of ether oxygens (including phenoxy) is 3. The van der Waals surface area contributed by atoms with Crippen LogP contribution in [-0.4, -0.2) is 45.0 Å². The second-order valence-electron chi connectivity index (χ2n) is 7.42. The molecule has 3 rings (SSSR count). The molecule has 2 aromatic carbocycles. The molecule has 1 unspecified atom stereocenters. The maximum absolute atomic E-state index is 13.3. The van der Waals surface area contributed by atoms with Gasteiger partial charge < -0.3 is 19.1 Å². The number of benzene rings is 2. The van der Waals surface area contributed by atoms with E-state index in [2.05, 4.69) is 0 Å². The van der Waals surface area contributed by atoms with E-state index in [-0.39, 0.29) is 12.3 Å². The van der Waals surface area contributed by atoms with Gasteiger partial charge in [-0.1, -0.05) is 55.8 Å². The lowest BCUT2D eigenvalue weighted by Crippen LogP contribution is -2.52. The lowest BCUT2D eigenvalue weighted by Gasteiger charge is -2.41. The Morgan fingerprint density at radius 2 is 1.71 bits per heavy atom. The van der Waals surface area contributed by atoms with Gasteiger partial charge in [-0.25, -0.2) is 14.4 Å². The molecule has 0 N–H and O–H groups in total. The highest BCUT2D eigenvalue weighted by Crippen LogP contribution is 2.35. The number of methoxy groups -OCH3 is 2. The van der Waals surface area contributed by atoms with E-state index in [0.29, 0.717) is 11.4 Å². The average Bonchev–Trinajstić information content (AvgIpc) is 2.87. The number of carbonyl (C=O) groups excluding carboxylic acids is 3. The van der Waals surface area contributed by atoms with Crippen molar-refractivity contribution < 1.29 is 28.6 Å². The van der Waals surface area contributed by atoms with Crippen molar-refractivity contribution in [2.45, 2.75) is 25.9 Å². The molecular formula is C26H28N2O6. The van der Waals surface area contributed by atoms with Crippen LogP contribution < -0.4 is 9.80 Å². The van der Waals surface area contributed by atoms with E-state index >= 15 is 0 Å². The van der Waals surface area contributed by atoms with Crippen molar-refractivity contribution in [3.63, 3.8) is 0 Å². The van der Waals surface area contributed by atoms with E-state index in [9.17, 15) is 14.4 Å². The summed E-state index contributed by atoms with van der Waals surface area (Å²) in [5.41, 5.74) is 1.88. The van der Waals surface area contributed by atoms with E-state index in [4.69, 9.17) is 14.2 Å². The predicted molar refractivity (Wildman–Crippen MR) is 129 cm³/mol. The van der Waals surface area contributed by atoms with Gasteiger partial charge in [-0.3, -0.25) is 4.90 Å². The Bertz CT molecular complexity index is 1080. The Labute approximate surface area is 199 Å². The molecule has 2 aromatic rings. The van der Waals surface area contributed by atoms with Gasteiger partial charge in [0.1, 0.15) is 11.9 Å². The van der Waals surface area contributed by atoms with Crippen molar-refractivity contribution in [2.75, 3.05) is 30.6 Å². The van der Waals surface area contributed by atoms with Crippen LogP contribution in [0.15, 0.2) is 72.4 Å². The van der Waals surface area contributed by atoms with Crippen molar-refractivity contribution in [3.8, 4) is 0 Å². The quantitative estimate of drug-likeness (QED) is 0.246. The van der Waals surface area contributed by atoms with Crippen LogP contribution in [-0.2, 0) is 23.8 Å². The number of anilines is 2. The van der Waals surface area contributed by atoms with Gasteiger partial charge in [0, 0.05) is 5.69 Å². The van der Waals surface area contributed by atoms with Gasteiger partial charge in [0.2, 0.25) is 0 Å². The summed E-state index contributed by atoms with van der Waals surface area (Å²) in [5, 5.41) is 0. The number of hydrogen-bond donors (Lipinski definition) is 0. The van der Waals surface area contributed by atoms with E-state index in [1.54, 1.807) is 41.3 Å². The normalized spacial score (nSPS) is 14.7. The van der Waals surface area contributed by atoms with E-state index in [1.165, 1.54) is 19.1 Å². The van der Waals surface area contributed by atoms with Crippen molar-refractivity contribution in [1.29, 1.82) is 0 Å². The minimum Gasteiger partial charge on any atom is -0.466 e. The fourth-order valence-electron chi connectivity index (χ4n) is 3.57. The van der Waals surface area contributed by atoms with Crippen LogP contribution in [0, 0.1) is 0 Å². The molecule has 1 atom stereocenters. The van der Waals surface area contributed by atoms with Crippen LogP contribution in [0.1, 0.15) is 25.3 Å². The Kier molecular flexibility index (Phi) is 8.45. The van der Waals surface area contributed by atoms with Gasteiger partial charge >= 0.3 is 18.0 Å². The molecule has 8 nitrogen and oxygen atoms in total. The summed E-state index contributed by atoms with van der Waals surface area (Å²) in [7, 11) is 2.44. The van der Waals surface area contributed by atoms with Crippen molar-refractivity contribution in [3.05, 3.63) is 78.0 Å². The number of rotatable bonds is 8. The highest BCUT2D eigenvalue weighted by atomic mass is 16.6. The van der Waals surface area contributed by atoms with Crippen LogP contribution >= 0.6 is 0 Å². The van der Waals surface area contributed by atoms with Crippen LogP contribution in [0.2, 0.25) is 0 Å². The maximum atomic E-state index is 13.3. The summed E-state index contributed by atoms with van der Waals surface area (Å²) in [5.74, 6) is -1.49. The third-order valence-electron chi connectivity index (χ3n) is 5.24. The van der Waals surface area contributed by atoms with Gasteiger partial charge in [0.15, 0.2) is 0 Å². The highest BCUT2D eigenvalue weighted by molar-refractivity contribution is 6.02. The third-order valence-corrected chi connectivity index (χ3v) is 5.24. The first-order valence-electron chi connectivity index (χ1n) is 11.0. The summed E-state index contributed by atoms with van der Waals surface area (Å²) >= 11 is 0. The van der Waals surface area contributed by atoms with Crippen molar-refractivity contribution in [2.24, 2.45) is 0 Å². The number of amides is 1. The molecule has 0 aromatic heterocycles. The van der Waals surface area contributed by atoms with Gasteiger partial charge in [-0.2, -0.15) is 0 Å². The molecule has 1 aliphatic heterocycles. The standard InChI is InChI=1S/C26H28N2O6/c1-4-5-17-34-26(31)27(20-12-7-6-8-13-20)23-16-15-19-11-9-10-14-21(19)28(23)22(25(30)33-3)18-24(29)32-2/h6-16,18,23H,4-5,17H2,1-3H3/b22-18+. The van der Waals surface area contributed by atoms with E-state index < -0.39 is 24.2 Å². The van der Waals surface area contributed by atoms with Crippen LogP contribution in [0.5, 0.6) is 0 Å². The second kappa shape index (κ2) is 11.7. The molecule has 0 aliphatic carbocycles. The summed E-state index contributed by atoms with van der Waals surface area (Å²) < 4.78 is 15.3. The lowest BCUT2D eigenvalue weighted by atomic mass is 10.0. The van der Waals surface area contributed by atoms with Crippen LogP contribution in [0.25, 0.3) is 6.08 Å². The summed E-state index contributed by atoms with van der Waals surface area (Å²) in [6.07, 6.45) is 4.86. The second-order valence-corrected chi connectivity index (χ2v) is 7.42. The topological polar surface area (TPSA) is 85.4 Å². The minimum atomic E-state index is -0.832. The zero-order chi connectivity index (χ0) is 24.5. The number of hydrogen-bond acceptors (Lipinski definition) is 7. The SMILES string of the molecule is CCCCOC(=O)N(c1ccccc1)C1C=Cc2ccccc2N1/C(=C/C(=O)OC)C(=O)OC. The Morgan fingerprint density at radius 1 is 1.00 bits per heavy atom. The van der Waals surface area contributed by atoms with Crippen LogP contribution in [0.4, 0.5) is 16.2 Å². The number of fused-ring (bicyclic) bond motifs is 1. The maximum Gasteiger partial charge on any atom is 0.416 e. The monoisotopic (exact) mass is 464 g/mol. The number of unbranched alkanes of at least 4 members (excludes halogenated alkanes) is 1. The first kappa shape index (κ1) is 24.6.